The second-order valence-electron chi connectivity index (χ2n) is 5.98. The molecule has 6 heteroatoms. The van der Waals surface area contributed by atoms with Crippen LogP contribution in [0.4, 0.5) is 10.5 Å². The van der Waals surface area contributed by atoms with E-state index < -0.39 is 0 Å². The van der Waals surface area contributed by atoms with Crippen molar-refractivity contribution in [1.82, 2.24) is 14.8 Å². The molecular formula is C19H24N4O2. The number of carbonyl (C=O) groups excluding carboxylic acids is 1. The molecule has 1 aromatic heterocycles. The summed E-state index contributed by atoms with van der Waals surface area (Å²) in [5.41, 5.74) is 1.96. The molecule has 0 spiro atoms. The predicted molar refractivity (Wildman–Crippen MR) is 97.7 cm³/mol. The largest absolute Gasteiger partial charge is 0.492 e. The zero-order valence-corrected chi connectivity index (χ0v) is 14.5. The van der Waals surface area contributed by atoms with Crippen LogP contribution in [0.15, 0.2) is 48.8 Å². The molecule has 0 saturated carbocycles. The zero-order valence-electron chi connectivity index (χ0n) is 14.5. The van der Waals surface area contributed by atoms with Crippen molar-refractivity contribution in [2.45, 2.75) is 13.5 Å². The van der Waals surface area contributed by atoms with E-state index in [4.69, 9.17) is 4.74 Å². The molecule has 1 fully saturated rings. The van der Waals surface area contributed by atoms with Crippen LogP contribution in [0.2, 0.25) is 0 Å². The number of pyridine rings is 1. The molecule has 1 N–H and O–H groups in total. The molecule has 0 bridgehead atoms. The number of nitrogens with zero attached hydrogens (tertiary/aromatic N) is 3. The van der Waals surface area contributed by atoms with Gasteiger partial charge in [0, 0.05) is 45.1 Å². The van der Waals surface area contributed by atoms with Crippen molar-refractivity contribution in [3.8, 4) is 5.75 Å². The van der Waals surface area contributed by atoms with E-state index in [-0.39, 0.29) is 6.03 Å². The molecule has 0 radical (unpaired) electrons. The van der Waals surface area contributed by atoms with E-state index in [2.05, 4.69) is 15.2 Å². The van der Waals surface area contributed by atoms with Gasteiger partial charge < -0.3 is 15.0 Å². The first-order valence-corrected chi connectivity index (χ1v) is 8.65. The maximum atomic E-state index is 12.5. The van der Waals surface area contributed by atoms with Crippen molar-refractivity contribution in [1.29, 1.82) is 0 Å². The number of rotatable bonds is 5. The van der Waals surface area contributed by atoms with Crippen molar-refractivity contribution in [2.75, 3.05) is 38.1 Å². The maximum Gasteiger partial charge on any atom is 0.322 e. The highest BCUT2D eigenvalue weighted by atomic mass is 16.5. The summed E-state index contributed by atoms with van der Waals surface area (Å²) < 4.78 is 5.56. The molecular weight excluding hydrogens is 316 g/mol. The van der Waals surface area contributed by atoms with Crippen LogP contribution in [0.5, 0.6) is 5.75 Å². The first-order chi connectivity index (χ1) is 12.3. The summed E-state index contributed by atoms with van der Waals surface area (Å²) in [5.74, 6) is 0.703. The van der Waals surface area contributed by atoms with E-state index in [1.165, 1.54) is 5.56 Å². The lowest BCUT2D eigenvalue weighted by atomic mass is 10.2. The fourth-order valence-electron chi connectivity index (χ4n) is 2.90. The second-order valence-corrected chi connectivity index (χ2v) is 5.98. The average Bonchev–Trinajstić information content (AvgIpc) is 2.65. The van der Waals surface area contributed by atoms with Gasteiger partial charge >= 0.3 is 6.03 Å². The molecule has 0 atom stereocenters. The van der Waals surface area contributed by atoms with Gasteiger partial charge in [-0.3, -0.25) is 9.88 Å². The summed E-state index contributed by atoms with van der Waals surface area (Å²) in [6.45, 7) is 6.56. The Morgan fingerprint density at radius 3 is 2.56 bits per heavy atom. The molecule has 1 saturated heterocycles. The number of carbonyl (C=O) groups is 1. The summed E-state index contributed by atoms with van der Waals surface area (Å²) in [6.07, 6.45) is 3.63. The van der Waals surface area contributed by atoms with Gasteiger partial charge in [0.15, 0.2) is 0 Å². The number of hydrogen-bond acceptors (Lipinski definition) is 4. The van der Waals surface area contributed by atoms with Gasteiger partial charge in [0.25, 0.3) is 0 Å². The lowest BCUT2D eigenvalue weighted by molar-refractivity contribution is 0.143. The lowest BCUT2D eigenvalue weighted by Crippen LogP contribution is -2.49. The molecule has 132 valence electrons. The third kappa shape index (κ3) is 4.70. The minimum atomic E-state index is -0.0734. The molecule has 1 aliphatic heterocycles. The van der Waals surface area contributed by atoms with Gasteiger partial charge in [0.2, 0.25) is 0 Å². The normalized spacial score (nSPS) is 15.0. The monoisotopic (exact) mass is 340 g/mol. The Bertz CT molecular complexity index is 685. The number of benzene rings is 1. The van der Waals surface area contributed by atoms with Crippen molar-refractivity contribution in [3.05, 3.63) is 54.4 Å². The molecule has 0 unspecified atom stereocenters. The minimum Gasteiger partial charge on any atom is -0.492 e. The SMILES string of the molecule is CCOc1ccccc1NC(=O)N1CCN(Cc2ccncc2)CC1. The highest BCUT2D eigenvalue weighted by Gasteiger charge is 2.21. The number of para-hydroxylation sites is 2. The van der Waals surface area contributed by atoms with Crippen LogP contribution >= 0.6 is 0 Å². The van der Waals surface area contributed by atoms with Crippen molar-refractivity contribution < 1.29 is 9.53 Å². The number of amides is 2. The summed E-state index contributed by atoms with van der Waals surface area (Å²) in [7, 11) is 0. The van der Waals surface area contributed by atoms with Crippen LogP contribution in [0, 0.1) is 0 Å². The van der Waals surface area contributed by atoms with Crippen LogP contribution in [-0.4, -0.2) is 53.6 Å². The molecule has 2 amide bonds. The zero-order chi connectivity index (χ0) is 17.5. The quantitative estimate of drug-likeness (QED) is 0.909. The second kappa shape index (κ2) is 8.48. The fourth-order valence-corrected chi connectivity index (χ4v) is 2.90. The minimum absolute atomic E-state index is 0.0734. The molecule has 1 aromatic carbocycles. The fraction of sp³-hybridized carbons (Fsp3) is 0.368. The number of aromatic nitrogens is 1. The smallest absolute Gasteiger partial charge is 0.322 e. The summed E-state index contributed by atoms with van der Waals surface area (Å²) in [4.78, 5) is 20.8. The van der Waals surface area contributed by atoms with Gasteiger partial charge in [-0.05, 0) is 36.8 Å². The Morgan fingerprint density at radius 1 is 1.12 bits per heavy atom. The number of urea groups is 1. The molecule has 1 aliphatic rings. The van der Waals surface area contributed by atoms with Crippen LogP contribution in [-0.2, 0) is 6.54 Å². The van der Waals surface area contributed by atoms with Crippen LogP contribution < -0.4 is 10.1 Å². The van der Waals surface area contributed by atoms with Crippen molar-refractivity contribution in [3.63, 3.8) is 0 Å². The standard InChI is InChI=1S/C19H24N4O2/c1-2-25-18-6-4-3-5-17(18)21-19(24)23-13-11-22(12-14-23)15-16-7-9-20-10-8-16/h3-10H,2,11-15H2,1H3,(H,21,24). The summed E-state index contributed by atoms with van der Waals surface area (Å²) in [5, 5.41) is 2.96. The molecule has 6 nitrogen and oxygen atoms in total. The Labute approximate surface area is 148 Å². The number of hydrogen-bond donors (Lipinski definition) is 1. The third-order valence-electron chi connectivity index (χ3n) is 4.24. The van der Waals surface area contributed by atoms with Crippen LogP contribution in [0.1, 0.15) is 12.5 Å². The molecule has 3 rings (SSSR count). The van der Waals surface area contributed by atoms with E-state index >= 15 is 0 Å². The number of nitrogens with one attached hydrogen (secondary N) is 1. The van der Waals surface area contributed by atoms with Crippen LogP contribution in [0.3, 0.4) is 0 Å². The first kappa shape index (κ1) is 17.2. The van der Waals surface area contributed by atoms with Gasteiger partial charge in [0.05, 0.1) is 12.3 Å². The summed E-state index contributed by atoms with van der Waals surface area (Å²) >= 11 is 0. The number of ether oxygens (including phenoxy) is 1. The first-order valence-electron chi connectivity index (χ1n) is 8.65. The van der Waals surface area contributed by atoms with Gasteiger partial charge in [-0.25, -0.2) is 4.79 Å². The number of anilines is 1. The lowest BCUT2D eigenvalue weighted by Gasteiger charge is -2.34. The van der Waals surface area contributed by atoms with E-state index in [1.54, 1.807) is 0 Å². The van der Waals surface area contributed by atoms with Gasteiger partial charge in [-0.1, -0.05) is 12.1 Å². The Balaban J connectivity index is 1.52. The van der Waals surface area contributed by atoms with Gasteiger partial charge in [-0.15, -0.1) is 0 Å². The predicted octanol–water partition coefficient (Wildman–Crippen LogP) is 2.83. The highest BCUT2D eigenvalue weighted by Crippen LogP contribution is 2.24. The maximum absolute atomic E-state index is 12.5. The highest BCUT2D eigenvalue weighted by molar-refractivity contribution is 5.91. The Morgan fingerprint density at radius 2 is 1.84 bits per heavy atom. The van der Waals surface area contributed by atoms with E-state index in [0.717, 1.165) is 19.6 Å². The van der Waals surface area contributed by atoms with E-state index in [0.29, 0.717) is 31.1 Å². The Kier molecular flexibility index (Phi) is 5.85. The van der Waals surface area contributed by atoms with Crippen LogP contribution in [0.25, 0.3) is 0 Å². The molecule has 2 heterocycles. The molecule has 0 aliphatic carbocycles. The number of piperazine rings is 1. The third-order valence-corrected chi connectivity index (χ3v) is 4.24. The molecule has 2 aromatic rings. The van der Waals surface area contributed by atoms with Crippen molar-refractivity contribution >= 4 is 11.7 Å². The topological polar surface area (TPSA) is 57.7 Å². The Hall–Kier alpha value is -2.60. The summed E-state index contributed by atoms with van der Waals surface area (Å²) in [6, 6.07) is 11.5. The average molecular weight is 340 g/mol. The van der Waals surface area contributed by atoms with Gasteiger partial charge in [-0.2, -0.15) is 0 Å². The van der Waals surface area contributed by atoms with E-state index in [1.807, 2.05) is 60.6 Å². The van der Waals surface area contributed by atoms with Gasteiger partial charge in [0.1, 0.15) is 5.75 Å². The molecule has 25 heavy (non-hydrogen) atoms. The van der Waals surface area contributed by atoms with E-state index in [9.17, 15) is 4.79 Å². The van der Waals surface area contributed by atoms with Crippen molar-refractivity contribution in [2.24, 2.45) is 0 Å².